The van der Waals surface area contributed by atoms with Gasteiger partial charge in [0.15, 0.2) is 0 Å². The van der Waals surface area contributed by atoms with Gasteiger partial charge in [-0.1, -0.05) is 12.1 Å². The molecule has 0 unspecified atom stereocenters. The number of para-hydroxylation sites is 1. The monoisotopic (exact) mass is 302 g/mol. The number of aryl methyl sites for hydroxylation is 1. The molecule has 0 saturated carbocycles. The van der Waals surface area contributed by atoms with Gasteiger partial charge in [-0.3, -0.25) is 14.9 Å². The Balaban J connectivity index is 2.25. The van der Waals surface area contributed by atoms with Crippen LogP contribution < -0.4 is 5.32 Å². The van der Waals surface area contributed by atoms with Crippen molar-refractivity contribution >= 4 is 29.0 Å². The molecule has 0 aliphatic carbocycles. The molecule has 2 aromatic rings. The third-order valence-electron chi connectivity index (χ3n) is 3.01. The van der Waals surface area contributed by atoms with Crippen LogP contribution in [-0.4, -0.2) is 17.1 Å². The Kier molecular flexibility index (Phi) is 4.59. The molecule has 0 spiro atoms. The molecule has 2 aromatic carbocycles. The molecule has 0 radical (unpaired) electrons. The number of nitro groups is 1. The Morgan fingerprint density at radius 3 is 2.57 bits per heavy atom. The van der Waals surface area contributed by atoms with Crippen LogP contribution in [0.5, 0.6) is 0 Å². The Hall–Kier alpha value is -2.34. The molecule has 1 amide bonds. The summed E-state index contributed by atoms with van der Waals surface area (Å²) in [6.07, 6.45) is 1.93. The smallest absolute Gasteiger partial charge is 0.272 e. The minimum Gasteiger partial charge on any atom is -0.321 e. The van der Waals surface area contributed by atoms with E-state index in [9.17, 15) is 14.9 Å². The van der Waals surface area contributed by atoms with Crippen LogP contribution in [0.3, 0.4) is 0 Å². The average molecular weight is 302 g/mol. The summed E-state index contributed by atoms with van der Waals surface area (Å²) >= 11 is 1.54. The molecule has 0 atom stereocenters. The maximum absolute atomic E-state index is 12.2. The normalized spacial score (nSPS) is 10.2. The highest BCUT2D eigenvalue weighted by molar-refractivity contribution is 7.98. The predicted molar refractivity (Wildman–Crippen MR) is 84.0 cm³/mol. The van der Waals surface area contributed by atoms with Gasteiger partial charge >= 0.3 is 0 Å². The van der Waals surface area contributed by atoms with E-state index in [4.69, 9.17) is 0 Å². The number of nitrogens with zero attached hydrogens (tertiary/aromatic N) is 1. The van der Waals surface area contributed by atoms with E-state index in [1.807, 2.05) is 30.5 Å². The molecule has 21 heavy (non-hydrogen) atoms. The quantitative estimate of drug-likeness (QED) is 0.528. The van der Waals surface area contributed by atoms with Crippen molar-refractivity contribution in [2.24, 2.45) is 0 Å². The number of nitro benzene ring substituents is 1. The zero-order chi connectivity index (χ0) is 15.4. The summed E-state index contributed by atoms with van der Waals surface area (Å²) in [5.41, 5.74) is 1.60. The van der Waals surface area contributed by atoms with Gasteiger partial charge in [0.25, 0.3) is 11.6 Å². The molecule has 0 bridgehead atoms. The first-order valence-electron chi connectivity index (χ1n) is 6.22. The lowest BCUT2D eigenvalue weighted by atomic mass is 10.1. The zero-order valence-electron chi connectivity index (χ0n) is 11.6. The van der Waals surface area contributed by atoms with Crippen molar-refractivity contribution in [2.45, 2.75) is 11.8 Å². The molecule has 0 aliphatic rings. The van der Waals surface area contributed by atoms with Crippen molar-refractivity contribution in [2.75, 3.05) is 11.6 Å². The number of nitrogens with one attached hydrogen (secondary N) is 1. The topological polar surface area (TPSA) is 72.2 Å². The van der Waals surface area contributed by atoms with Crippen molar-refractivity contribution in [1.82, 2.24) is 0 Å². The molecule has 0 heterocycles. The number of carbonyl (C=O) groups is 1. The van der Waals surface area contributed by atoms with Gasteiger partial charge in [-0.05, 0) is 37.4 Å². The maximum atomic E-state index is 12.2. The molecule has 0 saturated heterocycles. The SMILES string of the molecule is CSc1ccccc1NC(=O)c1ccc([N+](=O)[O-])c(C)c1. The van der Waals surface area contributed by atoms with Gasteiger partial charge in [0, 0.05) is 22.1 Å². The first-order chi connectivity index (χ1) is 10.0. The first-order valence-corrected chi connectivity index (χ1v) is 7.45. The fourth-order valence-corrected chi connectivity index (χ4v) is 2.50. The van der Waals surface area contributed by atoms with Gasteiger partial charge in [-0.2, -0.15) is 0 Å². The van der Waals surface area contributed by atoms with Crippen LogP contribution in [0.4, 0.5) is 11.4 Å². The summed E-state index contributed by atoms with van der Waals surface area (Å²) < 4.78 is 0. The summed E-state index contributed by atoms with van der Waals surface area (Å²) in [7, 11) is 0. The van der Waals surface area contributed by atoms with Gasteiger partial charge in [-0.15, -0.1) is 11.8 Å². The molecule has 5 nitrogen and oxygen atoms in total. The van der Waals surface area contributed by atoms with Crippen molar-refractivity contribution < 1.29 is 9.72 Å². The van der Waals surface area contributed by atoms with Crippen LogP contribution in [0.15, 0.2) is 47.4 Å². The number of carbonyl (C=O) groups excluding carboxylic acids is 1. The van der Waals surface area contributed by atoms with Crippen LogP contribution >= 0.6 is 11.8 Å². The fourth-order valence-electron chi connectivity index (χ4n) is 1.94. The number of benzene rings is 2. The van der Waals surface area contributed by atoms with E-state index in [1.165, 1.54) is 30.0 Å². The average Bonchev–Trinajstić information content (AvgIpc) is 2.47. The molecular weight excluding hydrogens is 288 g/mol. The van der Waals surface area contributed by atoms with Gasteiger partial charge in [0.1, 0.15) is 0 Å². The van der Waals surface area contributed by atoms with Crippen molar-refractivity contribution in [3.05, 3.63) is 63.7 Å². The molecule has 6 heteroatoms. The maximum Gasteiger partial charge on any atom is 0.272 e. The van der Waals surface area contributed by atoms with Crippen LogP contribution in [-0.2, 0) is 0 Å². The van der Waals surface area contributed by atoms with E-state index >= 15 is 0 Å². The van der Waals surface area contributed by atoms with E-state index in [1.54, 1.807) is 6.92 Å². The summed E-state index contributed by atoms with van der Waals surface area (Å²) in [4.78, 5) is 23.5. The number of amides is 1. The molecule has 2 rings (SSSR count). The van der Waals surface area contributed by atoms with Crippen LogP contribution in [0.25, 0.3) is 0 Å². The number of hydrogen-bond donors (Lipinski definition) is 1. The van der Waals surface area contributed by atoms with E-state index in [-0.39, 0.29) is 11.6 Å². The minimum atomic E-state index is -0.458. The third-order valence-corrected chi connectivity index (χ3v) is 3.81. The number of anilines is 1. The highest BCUT2D eigenvalue weighted by atomic mass is 32.2. The van der Waals surface area contributed by atoms with E-state index in [2.05, 4.69) is 5.32 Å². The Morgan fingerprint density at radius 2 is 1.95 bits per heavy atom. The third kappa shape index (κ3) is 3.41. The Morgan fingerprint density at radius 1 is 1.24 bits per heavy atom. The summed E-state index contributed by atoms with van der Waals surface area (Å²) in [6.45, 7) is 1.62. The Labute approximate surface area is 126 Å². The molecule has 1 N–H and O–H groups in total. The highest BCUT2D eigenvalue weighted by Crippen LogP contribution is 2.25. The van der Waals surface area contributed by atoms with Crippen molar-refractivity contribution in [3.63, 3.8) is 0 Å². The van der Waals surface area contributed by atoms with Crippen molar-refractivity contribution in [3.8, 4) is 0 Å². The van der Waals surface area contributed by atoms with Gasteiger partial charge in [0.05, 0.1) is 10.6 Å². The first kappa shape index (κ1) is 15.1. The summed E-state index contributed by atoms with van der Waals surface area (Å²) in [5, 5.41) is 13.6. The van der Waals surface area contributed by atoms with Crippen LogP contribution in [0, 0.1) is 17.0 Å². The molecule has 0 aromatic heterocycles. The highest BCUT2D eigenvalue weighted by Gasteiger charge is 2.14. The fraction of sp³-hybridized carbons (Fsp3) is 0.133. The second-order valence-electron chi connectivity index (χ2n) is 4.41. The summed E-state index contributed by atoms with van der Waals surface area (Å²) in [6, 6.07) is 11.8. The summed E-state index contributed by atoms with van der Waals surface area (Å²) in [5.74, 6) is -0.283. The lowest BCUT2D eigenvalue weighted by Crippen LogP contribution is -2.12. The van der Waals surface area contributed by atoms with Crippen LogP contribution in [0.2, 0.25) is 0 Å². The number of hydrogen-bond acceptors (Lipinski definition) is 4. The number of thioether (sulfide) groups is 1. The van der Waals surface area contributed by atoms with Gasteiger partial charge in [0.2, 0.25) is 0 Å². The second-order valence-corrected chi connectivity index (χ2v) is 5.26. The van der Waals surface area contributed by atoms with E-state index in [0.717, 1.165) is 10.6 Å². The standard InChI is InChI=1S/C15H14N2O3S/c1-10-9-11(7-8-13(10)17(19)20)15(18)16-12-5-3-4-6-14(12)21-2/h3-9H,1-2H3,(H,16,18). The van der Waals surface area contributed by atoms with E-state index < -0.39 is 4.92 Å². The molecular formula is C15H14N2O3S. The van der Waals surface area contributed by atoms with Gasteiger partial charge < -0.3 is 5.32 Å². The van der Waals surface area contributed by atoms with Crippen molar-refractivity contribution in [1.29, 1.82) is 0 Å². The molecule has 0 fully saturated rings. The minimum absolute atomic E-state index is 0.0102. The van der Waals surface area contributed by atoms with E-state index in [0.29, 0.717) is 11.1 Å². The van der Waals surface area contributed by atoms with Crippen LogP contribution in [0.1, 0.15) is 15.9 Å². The lowest BCUT2D eigenvalue weighted by molar-refractivity contribution is -0.385. The predicted octanol–water partition coefficient (Wildman–Crippen LogP) is 3.88. The zero-order valence-corrected chi connectivity index (χ0v) is 12.4. The number of rotatable bonds is 4. The lowest BCUT2D eigenvalue weighted by Gasteiger charge is -2.09. The second kappa shape index (κ2) is 6.41. The molecule has 108 valence electrons. The molecule has 0 aliphatic heterocycles. The Bertz CT molecular complexity index is 701. The van der Waals surface area contributed by atoms with Gasteiger partial charge in [-0.25, -0.2) is 0 Å². The largest absolute Gasteiger partial charge is 0.321 e.